The number of hydrogen-bond donors (Lipinski definition) is 1. The number of H-pyrrole nitrogens is 1. The number of hydrogen-bond acceptors (Lipinski definition) is 2. The molecule has 0 aliphatic heterocycles. The summed E-state index contributed by atoms with van der Waals surface area (Å²) >= 11 is 0. The lowest BCUT2D eigenvalue weighted by Crippen LogP contribution is -1.85. The number of aryl methyl sites for hydroxylation is 1. The second-order valence-corrected chi connectivity index (χ2v) is 3.23. The molecule has 1 heterocycles. The van der Waals surface area contributed by atoms with Gasteiger partial charge in [0.05, 0.1) is 11.6 Å². The Labute approximate surface area is 96.1 Å². The average Bonchev–Trinajstić information content (AvgIpc) is 2.76. The monoisotopic (exact) mass is 215 g/mol. The van der Waals surface area contributed by atoms with Gasteiger partial charge in [-0.1, -0.05) is 32.0 Å². The molecule has 0 aliphatic rings. The molecule has 0 amide bonds. The summed E-state index contributed by atoms with van der Waals surface area (Å²) in [7, 11) is 0. The van der Waals surface area contributed by atoms with E-state index in [4.69, 9.17) is 5.26 Å². The molecule has 1 aromatic heterocycles. The van der Waals surface area contributed by atoms with Crippen molar-refractivity contribution >= 4 is 10.9 Å². The molecule has 1 N–H and O–H groups in total. The quantitative estimate of drug-likeness (QED) is 0.797. The highest BCUT2D eigenvalue weighted by atomic mass is 15.1. The summed E-state index contributed by atoms with van der Waals surface area (Å²) in [5, 5.41) is 16.8. The highest BCUT2D eigenvalue weighted by molar-refractivity contribution is 5.81. The number of fused-ring (bicyclic) bond motifs is 1. The molecule has 0 saturated heterocycles. The van der Waals surface area contributed by atoms with Crippen LogP contribution in [0, 0.1) is 11.3 Å². The third-order valence-electron chi connectivity index (χ3n) is 2.26. The molecule has 0 atom stereocenters. The fourth-order valence-electron chi connectivity index (χ4n) is 1.55. The largest absolute Gasteiger partial charge is 0.281 e. The zero-order valence-electron chi connectivity index (χ0n) is 9.83. The van der Waals surface area contributed by atoms with Crippen molar-refractivity contribution in [2.45, 2.75) is 33.1 Å². The van der Waals surface area contributed by atoms with Crippen molar-refractivity contribution in [3.63, 3.8) is 0 Å². The number of nitrogens with one attached hydrogen (secondary N) is 1. The molecule has 0 radical (unpaired) electrons. The van der Waals surface area contributed by atoms with E-state index in [9.17, 15) is 0 Å². The van der Waals surface area contributed by atoms with Crippen LogP contribution in [0.25, 0.3) is 10.9 Å². The van der Waals surface area contributed by atoms with Gasteiger partial charge in [0.15, 0.2) is 0 Å². The van der Waals surface area contributed by atoms with Gasteiger partial charge in [-0.3, -0.25) is 5.10 Å². The Bertz CT molecular complexity index is 465. The van der Waals surface area contributed by atoms with Crippen LogP contribution in [0.4, 0.5) is 0 Å². The molecule has 3 heteroatoms. The molecule has 0 fully saturated rings. The van der Waals surface area contributed by atoms with E-state index in [1.54, 1.807) is 0 Å². The maximum Gasteiger partial charge on any atom is 0.0923 e. The molecule has 0 spiro atoms. The first-order valence-corrected chi connectivity index (χ1v) is 5.71. The molecule has 0 unspecified atom stereocenters. The van der Waals surface area contributed by atoms with Crippen LogP contribution in [0.15, 0.2) is 24.3 Å². The molecule has 2 rings (SSSR count). The van der Waals surface area contributed by atoms with Crippen LogP contribution < -0.4 is 0 Å². The van der Waals surface area contributed by atoms with Crippen LogP contribution in [0.1, 0.15) is 32.4 Å². The molecule has 1 aromatic carbocycles. The fraction of sp³-hybridized carbons (Fsp3) is 0.385. The zero-order chi connectivity index (χ0) is 11.8. The van der Waals surface area contributed by atoms with Crippen molar-refractivity contribution < 1.29 is 0 Å². The molecular weight excluding hydrogens is 198 g/mol. The summed E-state index contributed by atoms with van der Waals surface area (Å²) in [4.78, 5) is 0. The summed E-state index contributed by atoms with van der Waals surface area (Å²) in [6, 6.07) is 10.2. The second-order valence-electron chi connectivity index (χ2n) is 3.23. The Morgan fingerprint density at radius 3 is 2.81 bits per heavy atom. The summed E-state index contributed by atoms with van der Waals surface area (Å²) in [5.74, 6) is 0. The van der Waals surface area contributed by atoms with Gasteiger partial charge < -0.3 is 0 Å². The van der Waals surface area contributed by atoms with E-state index in [1.165, 1.54) is 5.39 Å². The minimum absolute atomic E-state index is 0.605. The number of unbranched alkanes of at least 4 members (excludes halogenated alkanes) is 1. The van der Waals surface area contributed by atoms with Gasteiger partial charge in [0.1, 0.15) is 0 Å². The van der Waals surface area contributed by atoms with E-state index in [2.05, 4.69) is 22.3 Å². The first-order valence-electron chi connectivity index (χ1n) is 5.71. The Hall–Kier alpha value is -1.82. The summed E-state index contributed by atoms with van der Waals surface area (Å²) in [6.07, 6.45) is 2.39. The van der Waals surface area contributed by atoms with Crippen molar-refractivity contribution in [3.05, 3.63) is 30.0 Å². The van der Waals surface area contributed by atoms with E-state index in [1.807, 2.05) is 32.0 Å². The number of benzene rings is 1. The van der Waals surface area contributed by atoms with Gasteiger partial charge in [-0.25, -0.2) is 0 Å². The summed E-state index contributed by atoms with van der Waals surface area (Å²) in [6.45, 7) is 4.00. The number of nitrogens with zero attached hydrogens (tertiary/aromatic N) is 2. The van der Waals surface area contributed by atoms with Crippen molar-refractivity contribution in [2.24, 2.45) is 0 Å². The van der Waals surface area contributed by atoms with E-state index in [0.29, 0.717) is 6.42 Å². The lowest BCUT2D eigenvalue weighted by atomic mass is 10.1. The van der Waals surface area contributed by atoms with Crippen LogP contribution in [-0.2, 0) is 6.42 Å². The zero-order valence-corrected chi connectivity index (χ0v) is 9.83. The van der Waals surface area contributed by atoms with Crippen molar-refractivity contribution in [1.29, 1.82) is 5.26 Å². The Morgan fingerprint density at radius 1 is 1.31 bits per heavy atom. The van der Waals surface area contributed by atoms with Gasteiger partial charge in [-0.2, -0.15) is 10.4 Å². The van der Waals surface area contributed by atoms with Crippen LogP contribution >= 0.6 is 0 Å². The molecule has 16 heavy (non-hydrogen) atoms. The highest BCUT2D eigenvalue weighted by Crippen LogP contribution is 2.16. The van der Waals surface area contributed by atoms with E-state index >= 15 is 0 Å². The van der Waals surface area contributed by atoms with Crippen LogP contribution in [0.3, 0.4) is 0 Å². The van der Waals surface area contributed by atoms with Gasteiger partial charge in [0, 0.05) is 17.5 Å². The van der Waals surface area contributed by atoms with E-state index in [0.717, 1.165) is 24.1 Å². The number of para-hydroxylation sites is 1. The van der Waals surface area contributed by atoms with Gasteiger partial charge >= 0.3 is 0 Å². The van der Waals surface area contributed by atoms with Crippen molar-refractivity contribution in [2.75, 3.05) is 0 Å². The standard InChI is InChI=1S/C11H11N3.C2H6/c12-8-4-3-7-11-9-5-1-2-6-10(9)13-14-11;1-2/h1-2,5-6H,3-4,7H2,(H,13,14);1-2H3. The molecular formula is C13H17N3. The van der Waals surface area contributed by atoms with Crippen LogP contribution in [-0.4, -0.2) is 10.2 Å². The fourth-order valence-corrected chi connectivity index (χ4v) is 1.55. The van der Waals surface area contributed by atoms with Crippen LogP contribution in [0.5, 0.6) is 0 Å². The predicted octanol–water partition coefficient (Wildman–Crippen LogP) is 3.44. The lowest BCUT2D eigenvalue weighted by molar-refractivity contribution is 0.821. The maximum atomic E-state index is 8.43. The number of aromatic nitrogens is 2. The second kappa shape index (κ2) is 6.62. The third kappa shape index (κ3) is 2.83. The first-order chi connectivity index (χ1) is 7.92. The minimum Gasteiger partial charge on any atom is -0.281 e. The summed E-state index contributed by atoms with van der Waals surface area (Å²) < 4.78 is 0. The SMILES string of the molecule is CC.N#CCCCc1[nH]nc2ccccc12. The van der Waals surface area contributed by atoms with Gasteiger partial charge in [0.25, 0.3) is 0 Å². The lowest BCUT2D eigenvalue weighted by Gasteiger charge is -1.94. The predicted molar refractivity (Wildman–Crippen MR) is 66.0 cm³/mol. The van der Waals surface area contributed by atoms with Crippen molar-refractivity contribution in [3.8, 4) is 6.07 Å². The molecule has 0 saturated carbocycles. The molecule has 0 bridgehead atoms. The molecule has 0 aliphatic carbocycles. The van der Waals surface area contributed by atoms with Gasteiger partial charge in [-0.05, 0) is 18.9 Å². The maximum absolute atomic E-state index is 8.43. The number of rotatable bonds is 3. The Balaban J connectivity index is 0.000000606. The third-order valence-corrected chi connectivity index (χ3v) is 2.26. The normalized spacial score (nSPS) is 9.31. The number of aromatic amines is 1. The molecule has 84 valence electrons. The Kier molecular flexibility index (Phi) is 5.07. The highest BCUT2D eigenvalue weighted by Gasteiger charge is 2.02. The van der Waals surface area contributed by atoms with E-state index in [-0.39, 0.29) is 0 Å². The summed E-state index contributed by atoms with van der Waals surface area (Å²) in [5.41, 5.74) is 2.13. The van der Waals surface area contributed by atoms with Crippen molar-refractivity contribution in [1.82, 2.24) is 10.2 Å². The van der Waals surface area contributed by atoms with Gasteiger partial charge in [0.2, 0.25) is 0 Å². The van der Waals surface area contributed by atoms with E-state index < -0.39 is 0 Å². The van der Waals surface area contributed by atoms with Crippen LogP contribution in [0.2, 0.25) is 0 Å². The number of nitriles is 1. The molecule has 3 nitrogen and oxygen atoms in total. The Morgan fingerprint density at radius 2 is 2.06 bits per heavy atom. The topological polar surface area (TPSA) is 52.5 Å². The molecule has 2 aromatic rings. The smallest absolute Gasteiger partial charge is 0.0923 e. The first kappa shape index (κ1) is 12.3. The average molecular weight is 215 g/mol. The van der Waals surface area contributed by atoms with Gasteiger partial charge in [-0.15, -0.1) is 0 Å². The minimum atomic E-state index is 0.605.